The van der Waals surface area contributed by atoms with E-state index < -0.39 is 5.91 Å². The highest BCUT2D eigenvalue weighted by Crippen LogP contribution is 2.32. The number of aryl methyl sites for hydroxylation is 2. The number of thioether (sulfide) groups is 1. The van der Waals surface area contributed by atoms with Crippen molar-refractivity contribution in [2.45, 2.75) is 27.7 Å². The Bertz CT molecular complexity index is 1450. The summed E-state index contributed by atoms with van der Waals surface area (Å²) in [7, 11) is 0. The fourth-order valence-electron chi connectivity index (χ4n) is 4.23. The second-order valence-electron chi connectivity index (χ2n) is 8.38. The van der Waals surface area contributed by atoms with Crippen LogP contribution < -0.4 is 4.74 Å². The molecule has 1 N–H and O–H groups in total. The van der Waals surface area contributed by atoms with Crippen LogP contribution in [0.15, 0.2) is 70.3 Å². The number of fused-ring (bicyclic) bond motifs is 1. The number of hydrazone groups is 1. The summed E-state index contributed by atoms with van der Waals surface area (Å²) in [6, 6.07) is 17.9. The molecule has 3 aromatic rings. The van der Waals surface area contributed by atoms with Crippen LogP contribution in [0.3, 0.4) is 0 Å². The molecular weight excluding hydrogens is 458 g/mol. The van der Waals surface area contributed by atoms with Crippen LogP contribution in [0.2, 0.25) is 0 Å². The maximum Gasteiger partial charge on any atom is 0.283 e. The number of hydrogen-bond donors (Lipinski definition) is 1. The van der Waals surface area contributed by atoms with Gasteiger partial charge in [-0.15, -0.1) is 0 Å². The van der Waals surface area contributed by atoms with E-state index in [-0.39, 0.29) is 11.4 Å². The van der Waals surface area contributed by atoms with E-state index in [1.165, 1.54) is 16.8 Å². The molecule has 5 rings (SSSR count). The number of carbonyl (C=O) groups is 1. The van der Waals surface area contributed by atoms with Crippen molar-refractivity contribution in [3.05, 3.63) is 88.2 Å². The zero-order valence-corrected chi connectivity index (χ0v) is 20.8. The maximum atomic E-state index is 12.9. The Hall–Kier alpha value is -3.91. The number of benzene rings is 2. The third-order valence-electron chi connectivity index (χ3n) is 5.90. The van der Waals surface area contributed by atoms with Crippen molar-refractivity contribution in [1.82, 2.24) is 9.58 Å². The van der Waals surface area contributed by atoms with Gasteiger partial charge in [-0.1, -0.05) is 23.8 Å². The summed E-state index contributed by atoms with van der Waals surface area (Å²) in [5, 5.41) is 15.9. The Labute approximate surface area is 208 Å². The highest BCUT2D eigenvalue weighted by molar-refractivity contribution is 8.27. The Morgan fingerprint density at radius 2 is 1.86 bits per heavy atom. The number of amidine groups is 2. The fraction of sp³-hybridized carbons (Fsp3) is 0.185. The van der Waals surface area contributed by atoms with Crippen LogP contribution in [-0.4, -0.2) is 38.1 Å². The number of hydrogen-bond acceptors (Lipinski definition) is 5. The first-order chi connectivity index (χ1) is 16.9. The van der Waals surface area contributed by atoms with Gasteiger partial charge in [-0.25, -0.2) is 0 Å². The van der Waals surface area contributed by atoms with Crippen molar-refractivity contribution in [2.24, 2.45) is 10.1 Å². The minimum Gasteiger partial charge on any atom is -0.494 e. The summed E-state index contributed by atoms with van der Waals surface area (Å²) in [5.41, 5.74) is 6.13. The molecule has 2 aliphatic rings. The van der Waals surface area contributed by atoms with Gasteiger partial charge in [0.2, 0.25) is 5.17 Å². The summed E-state index contributed by atoms with van der Waals surface area (Å²) in [6.45, 7) is 8.62. The maximum absolute atomic E-state index is 12.9. The first kappa shape index (κ1) is 22.9. The number of aromatic nitrogens is 1. The summed E-state index contributed by atoms with van der Waals surface area (Å²) >= 11 is 1.31. The second kappa shape index (κ2) is 9.03. The average Bonchev–Trinajstić information content (AvgIpc) is 3.38. The summed E-state index contributed by atoms with van der Waals surface area (Å²) in [4.78, 5) is 17.1. The van der Waals surface area contributed by atoms with Gasteiger partial charge in [-0.3, -0.25) is 10.2 Å². The van der Waals surface area contributed by atoms with Crippen molar-refractivity contribution in [1.29, 1.82) is 5.41 Å². The third kappa shape index (κ3) is 4.21. The molecule has 3 heterocycles. The Morgan fingerprint density at radius 3 is 2.57 bits per heavy atom. The van der Waals surface area contributed by atoms with Crippen LogP contribution in [0, 0.1) is 26.2 Å². The predicted molar refractivity (Wildman–Crippen MR) is 142 cm³/mol. The van der Waals surface area contributed by atoms with Crippen molar-refractivity contribution in [3.63, 3.8) is 0 Å². The van der Waals surface area contributed by atoms with Crippen LogP contribution in [0.1, 0.15) is 35.0 Å². The first-order valence-electron chi connectivity index (χ1n) is 11.3. The van der Waals surface area contributed by atoms with Gasteiger partial charge in [-0.05, 0) is 87.5 Å². The van der Waals surface area contributed by atoms with Crippen LogP contribution in [-0.2, 0) is 4.79 Å². The van der Waals surface area contributed by atoms with E-state index in [2.05, 4.69) is 14.7 Å². The van der Waals surface area contributed by atoms with Crippen LogP contribution in [0.5, 0.6) is 5.75 Å². The van der Waals surface area contributed by atoms with Crippen molar-refractivity contribution in [3.8, 4) is 11.4 Å². The van der Waals surface area contributed by atoms with E-state index >= 15 is 0 Å². The van der Waals surface area contributed by atoms with Gasteiger partial charge in [0.15, 0.2) is 5.84 Å². The molecule has 176 valence electrons. The highest BCUT2D eigenvalue weighted by Gasteiger charge is 2.36. The number of nitrogens with one attached hydrogen (secondary N) is 1. The summed E-state index contributed by atoms with van der Waals surface area (Å²) in [6.07, 6.45) is 1.74. The van der Waals surface area contributed by atoms with Gasteiger partial charge >= 0.3 is 0 Å². The van der Waals surface area contributed by atoms with Gasteiger partial charge in [0.05, 0.1) is 12.2 Å². The molecule has 0 saturated carbocycles. The Balaban J connectivity index is 1.47. The lowest BCUT2D eigenvalue weighted by molar-refractivity contribution is -0.114. The van der Waals surface area contributed by atoms with Crippen molar-refractivity contribution in [2.75, 3.05) is 6.61 Å². The number of ether oxygens (including phenoxy) is 1. The number of carbonyl (C=O) groups excluding carboxylic acids is 1. The Kier molecular flexibility index (Phi) is 5.90. The molecular formula is C27H25N5O2S. The molecule has 0 fully saturated rings. The molecule has 1 amide bonds. The summed E-state index contributed by atoms with van der Waals surface area (Å²) < 4.78 is 7.67. The van der Waals surface area contributed by atoms with E-state index in [0.717, 1.165) is 44.6 Å². The minimum absolute atomic E-state index is 0.0287. The molecule has 2 aliphatic heterocycles. The van der Waals surface area contributed by atoms with Crippen molar-refractivity contribution >= 4 is 39.8 Å². The highest BCUT2D eigenvalue weighted by atomic mass is 32.2. The van der Waals surface area contributed by atoms with Gasteiger partial charge in [0.1, 0.15) is 10.8 Å². The van der Waals surface area contributed by atoms with E-state index in [0.29, 0.717) is 11.8 Å². The topological polar surface area (TPSA) is 83.0 Å². The lowest BCUT2D eigenvalue weighted by Crippen LogP contribution is -2.35. The van der Waals surface area contributed by atoms with Crippen LogP contribution in [0.25, 0.3) is 11.8 Å². The lowest BCUT2D eigenvalue weighted by atomic mass is 10.1. The number of rotatable bonds is 5. The predicted octanol–water partition coefficient (Wildman–Crippen LogP) is 5.47. The second-order valence-corrected chi connectivity index (χ2v) is 9.34. The largest absolute Gasteiger partial charge is 0.494 e. The molecule has 0 saturated heterocycles. The molecule has 1 aromatic heterocycles. The molecule has 8 heteroatoms. The van der Waals surface area contributed by atoms with E-state index in [1.54, 1.807) is 6.08 Å². The zero-order chi connectivity index (χ0) is 24.7. The SMILES string of the molecule is CCOc1ccc(-n2c(C)cc(/C=C3\C(=N)N4N=C(c5cccc(C)c5)SC4=NC3=O)c2C)cc1. The molecule has 0 aliphatic carbocycles. The quantitative estimate of drug-likeness (QED) is 0.488. The van der Waals surface area contributed by atoms with Gasteiger partial charge < -0.3 is 9.30 Å². The standard InChI is InChI=1S/C27H25N5O2S/c1-5-34-22-11-9-21(10-12-22)31-17(3)14-20(18(31)4)15-23-24(28)32-27(29-25(23)33)35-26(30-32)19-8-6-7-16(2)13-19/h6-15,28H,5H2,1-4H3/b23-15+,28-24?. The molecule has 0 spiro atoms. The number of nitrogens with zero attached hydrogens (tertiary/aromatic N) is 4. The van der Waals surface area contributed by atoms with Crippen LogP contribution >= 0.6 is 11.8 Å². The number of aliphatic imine (C=N–C) groups is 1. The Morgan fingerprint density at radius 1 is 1.09 bits per heavy atom. The summed E-state index contributed by atoms with van der Waals surface area (Å²) in [5.74, 6) is 0.423. The van der Waals surface area contributed by atoms with Crippen molar-refractivity contribution < 1.29 is 9.53 Å². The van der Waals surface area contributed by atoms with Gasteiger partial charge in [0.25, 0.3) is 5.91 Å². The molecule has 7 nitrogen and oxygen atoms in total. The zero-order valence-electron chi connectivity index (χ0n) is 20.0. The van der Waals surface area contributed by atoms with Gasteiger partial charge in [0, 0.05) is 22.6 Å². The number of amides is 1. The molecule has 35 heavy (non-hydrogen) atoms. The smallest absolute Gasteiger partial charge is 0.283 e. The minimum atomic E-state index is -0.430. The lowest BCUT2D eigenvalue weighted by Gasteiger charge is -2.20. The normalized spacial score (nSPS) is 16.5. The molecule has 0 bridgehead atoms. The molecule has 0 atom stereocenters. The average molecular weight is 484 g/mol. The van der Waals surface area contributed by atoms with E-state index in [4.69, 9.17) is 10.1 Å². The van der Waals surface area contributed by atoms with Gasteiger partial charge in [-0.2, -0.15) is 15.1 Å². The fourth-order valence-corrected chi connectivity index (χ4v) is 5.12. The van der Waals surface area contributed by atoms with E-state index in [9.17, 15) is 4.79 Å². The molecule has 2 aromatic carbocycles. The third-order valence-corrected chi connectivity index (χ3v) is 6.85. The monoisotopic (exact) mass is 483 g/mol. The first-order valence-corrected chi connectivity index (χ1v) is 12.2. The van der Waals surface area contributed by atoms with Crippen LogP contribution in [0.4, 0.5) is 0 Å². The molecule has 0 radical (unpaired) electrons. The molecule has 0 unspecified atom stereocenters. The van der Waals surface area contributed by atoms with E-state index in [1.807, 2.05) is 82.3 Å².